The molecule has 0 bridgehead atoms. The lowest BCUT2D eigenvalue weighted by Crippen LogP contribution is -2.35. The molecule has 0 spiro atoms. The lowest BCUT2D eigenvalue weighted by Gasteiger charge is -2.26. The molecule has 0 radical (unpaired) electrons. The van der Waals surface area contributed by atoms with Crippen LogP contribution in [0.15, 0.2) is 54.6 Å². The molecule has 1 N–H and O–H groups in total. The van der Waals surface area contributed by atoms with E-state index in [0.717, 1.165) is 10.6 Å². The first-order valence-electron chi connectivity index (χ1n) is 8.50. The third kappa shape index (κ3) is 3.73. The molecule has 0 atom stereocenters. The second kappa shape index (κ2) is 7.28. The van der Waals surface area contributed by atoms with Crippen molar-refractivity contribution in [1.29, 1.82) is 0 Å². The minimum absolute atomic E-state index is 0.0139. The fourth-order valence-electron chi connectivity index (χ4n) is 2.98. The molecule has 0 unspecified atom stereocenters. The largest absolute Gasteiger partial charge is 0.333 e. The van der Waals surface area contributed by atoms with Gasteiger partial charge in [-0.05, 0) is 30.3 Å². The molecule has 1 aliphatic heterocycles. The number of rotatable bonds is 3. The molecule has 27 heavy (non-hydrogen) atoms. The van der Waals surface area contributed by atoms with Crippen LogP contribution in [0.5, 0.6) is 0 Å². The molecule has 2 amide bonds. The maximum Gasteiger partial charge on any atom is 0.257 e. The van der Waals surface area contributed by atoms with Crippen molar-refractivity contribution in [3.8, 4) is 0 Å². The molecule has 1 aliphatic rings. The monoisotopic (exact) mass is 381 g/mol. The van der Waals surface area contributed by atoms with E-state index >= 15 is 0 Å². The number of halogens is 1. The summed E-state index contributed by atoms with van der Waals surface area (Å²) in [5.74, 6) is -0.881. The molecule has 2 aromatic carbocycles. The van der Waals surface area contributed by atoms with E-state index in [2.05, 4.69) is 10.3 Å². The van der Waals surface area contributed by atoms with Crippen molar-refractivity contribution in [2.75, 3.05) is 11.9 Å². The number of carbonyl (C=O) groups excluding carboxylic acids is 2. The van der Waals surface area contributed by atoms with Crippen molar-refractivity contribution in [3.63, 3.8) is 0 Å². The van der Waals surface area contributed by atoms with Crippen LogP contribution in [-0.2, 0) is 13.0 Å². The van der Waals surface area contributed by atoms with Gasteiger partial charge in [-0.15, -0.1) is 0 Å². The van der Waals surface area contributed by atoms with Gasteiger partial charge in [0.2, 0.25) is 0 Å². The van der Waals surface area contributed by atoms with Gasteiger partial charge in [-0.2, -0.15) is 0 Å². The summed E-state index contributed by atoms with van der Waals surface area (Å²) in [6.45, 7) is 1.05. The average Bonchev–Trinajstić information content (AvgIpc) is 3.09. The van der Waals surface area contributed by atoms with Crippen molar-refractivity contribution in [2.24, 2.45) is 0 Å². The normalized spacial score (nSPS) is 13.1. The number of nitrogens with one attached hydrogen (secondary N) is 1. The molecular formula is C20H16FN3O2S. The zero-order chi connectivity index (χ0) is 18.8. The Labute approximate surface area is 159 Å². The zero-order valence-electron chi connectivity index (χ0n) is 14.3. The Hall–Kier alpha value is -3.06. The SMILES string of the molecule is O=C(Nc1nc2c(s1)CN(C(=O)c1ccccc1)CC2)c1cccc(F)c1. The lowest BCUT2D eigenvalue weighted by molar-refractivity contribution is 0.0736. The average molecular weight is 381 g/mol. The summed E-state index contributed by atoms with van der Waals surface area (Å²) >= 11 is 1.35. The smallest absolute Gasteiger partial charge is 0.257 e. The molecular weight excluding hydrogens is 365 g/mol. The van der Waals surface area contributed by atoms with Crippen LogP contribution in [0.2, 0.25) is 0 Å². The predicted octanol–water partition coefficient (Wildman–Crippen LogP) is 3.73. The van der Waals surface area contributed by atoms with Crippen molar-refractivity contribution in [2.45, 2.75) is 13.0 Å². The fourth-order valence-corrected chi connectivity index (χ4v) is 4.00. The number of anilines is 1. The molecule has 1 aromatic heterocycles. The minimum atomic E-state index is -0.462. The highest BCUT2D eigenvalue weighted by molar-refractivity contribution is 7.15. The number of fused-ring (bicyclic) bond motifs is 1. The number of aromatic nitrogens is 1. The summed E-state index contributed by atoms with van der Waals surface area (Å²) < 4.78 is 13.3. The quantitative estimate of drug-likeness (QED) is 0.752. The predicted molar refractivity (Wildman–Crippen MR) is 101 cm³/mol. The second-order valence-electron chi connectivity index (χ2n) is 6.20. The van der Waals surface area contributed by atoms with Crippen LogP contribution < -0.4 is 5.32 Å². The summed E-state index contributed by atoms with van der Waals surface area (Å²) in [4.78, 5) is 32.1. The molecule has 0 saturated heterocycles. The molecule has 7 heteroatoms. The molecule has 136 valence electrons. The first kappa shape index (κ1) is 17.4. The number of amides is 2. The van der Waals surface area contributed by atoms with E-state index in [0.29, 0.717) is 30.2 Å². The molecule has 0 fully saturated rings. The Morgan fingerprint density at radius 2 is 1.85 bits per heavy atom. The van der Waals surface area contributed by atoms with Gasteiger partial charge in [0.1, 0.15) is 5.82 Å². The van der Waals surface area contributed by atoms with Crippen molar-refractivity contribution >= 4 is 28.3 Å². The lowest BCUT2D eigenvalue weighted by atomic mass is 10.1. The fraction of sp³-hybridized carbons (Fsp3) is 0.150. The number of hydrogen-bond acceptors (Lipinski definition) is 4. The highest BCUT2D eigenvalue weighted by Gasteiger charge is 2.25. The molecule has 0 saturated carbocycles. The Kier molecular flexibility index (Phi) is 4.68. The summed E-state index contributed by atoms with van der Waals surface area (Å²) in [7, 11) is 0. The van der Waals surface area contributed by atoms with Crippen molar-refractivity contribution in [3.05, 3.63) is 82.1 Å². The van der Waals surface area contributed by atoms with Gasteiger partial charge < -0.3 is 4.90 Å². The van der Waals surface area contributed by atoms with Gasteiger partial charge in [-0.1, -0.05) is 35.6 Å². The third-order valence-electron chi connectivity index (χ3n) is 4.35. The number of thiazole rings is 1. The van der Waals surface area contributed by atoms with Gasteiger partial charge >= 0.3 is 0 Å². The van der Waals surface area contributed by atoms with E-state index < -0.39 is 11.7 Å². The van der Waals surface area contributed by atoms with E-state index in [1.54, 1.807) is 23.1 Å². The van der Waals surface area contributed by atoms with E-state index in [-0.39, 0.29) is 11.5 Å². The molecule has 5 nitrogen and oxygen atoms in total. The molecule has 3 aromatic rings. The van der Waals surface area contributed by atoms with Gasteiger partial charge in [0.15, 0.2) is 5.13 Å². The standard InChI is InChI=1S/C20H16FN3O2S/c21-15-8-4-7-14(11-15)18(25)23-20-22-16-9-10-24(12-17(16)27-20)19(26)13-5-2-1-3-6-13/h1-8,11H,9-10,12H2,(H,22,23,25). The van der Waals surface area contributed by atoms with Crippen LogP contribution in [0.25, 0.3) is 0 Å². The highest BCUT2D eigenvalue weighted by atomic mass is 32.1. The van der Waals surface area contributed by atoms with Crippen LogP contribution in [0.3, 0.4) is 0 Å². The Morgan fingerprint density at radius 1 is 1.07 bits per heavy atom. The Bertz CT molecular complexity index is 1000. The zero-order valence-corrected chi connectivity index (χ0v) is 15.1. The van der Waals surface area contributed by atoms with Gasteiger partial charge in [0.05, 0.1) is 12.2 Å². The Morgan fingerprint density at radius 3 is 2.63 bits per heavy atom. The summed E-state index contributed by atoms with van der Waals surface area (Å²) in [6, 6.07) is 14.7. The van der Waals surface area contributed by atoms with E-state index in [1.807, 2.05) is 18.2 Å². The number of carbonyl (C=O) groups is 2. The summed E-state index contributed by atoms with van der Waals surface area (Å²) in [5, 5.41) is 3.18. The van der Waals surface area contributed by atoms with E-state index in [4.69, 9.17) is 0 Å². The van der Waals surface area contributed by atoms with Crippen LogP contribution in [0.4, 0.5) is 9.52 Å². The maximum atomic E-state index is 13.3. The van der Waals surface area contributed by atoms with Crippen molar-refractivity contribution in [1.82, 2.24) is 9.88 Å². The number of nitrogens with zero attached hydrogens (tertiary/aromatic N) is 2. The van der Waals surface area contributed by atoms with Gasteiger partial charge in [-0.25, -0.2) is 9.37 Å². The van der Waals surface area contributed by atoms with Crippen LogP contribution in [0, 0.1) is 5.82 Å². The first-order valence-corrected chi connectivity index (χ1v) is 9.31. The number of hydrogen-bond donors (Lipinski definition) is 1. The first-order chi connectivity index (χ1) is 13.1. The van der Waals surface area contributed by atoms with Crippen LogP contribution >= 0.6 is 11.3 Å². The van der Waals surface area contributed by atoms with Gasteiger partial charge in [0, 0.05) is 29.0 Å². The minimum Gasteiger partial charge on any atom is -0.333 e. The van der Waals surface area contributed by atoms with Gasteiger partial charge in [-0.3, -0.25) is 14.9 Å². The molecule has 0 aliphatic carbocycles. The third-order valence-corrected chi connectivity index (χ3v) is 5.34. The van der Waals surface area contributed by atoms with E-state index in [1.165, 1.54) is 29.5 Å². The summed E-state index contributed by atoms with van der Waals surface area (Å²) in [5.41, 5.74) is 1.79. The molecule has 2 heterocycles. The van der Waals surface area contributed by atoms with E-state index in [9.17, 15) is 14.0 Å². The van der Waals surface area contributed by atoms with Gasteiger partial charge in [0.25, 0.3) is 11.8 Å². The highest BCUT2D eigenvalue weighted by Crippen LogP contribution is 2.29. The second-order valence-corrected chi connectivity index (χ2v) is 7.28. The summed E-state index contributed by atoms with van der Waals surface area (Å²) in [6.07, 6.45) is 0.639. The molecule has 4 rings (SSSR count). The van der Waals surface area contributed by atoms with Crippen LogP contribution in [0.1, 0.15) is 31.3 Å². The Balaban J connectivity index is 1.47. The number of benzene rings is 2. The maximum absolute atomic E-state index is 13.3. The van der Waals surface area contributed by atoms with Crippen molar-refractivity contribution < 1.29 is 14.0 Å². The van der Waals surface area contributed by atoms with Crippen LogP contribution in [-0.4, -0.2) is 28.2 Å². The topological polar surface area (TPSA) is 62.3 Å².